The van der Waals surface area contributed by atoms with Crippen LogP contribution in [0.3, 0.4) is 0 Å². The minimum absolute atomic E-state index is 0.766. The predicted octanol–water partition coefficient (Wildman–Crippen LogP) is 3.40. The second-order valence-corrected chi connectivity index (χ2v) is 4.34. The van der Waals surface area contributed by atoms with Gasteiger partial charge in [0.25, 0.3) is 0 Å². The van der Waals surface area contributed by atoms with Crippen LogP contribution in [0, 0.1) is 0 Å². The quantitative estimate of drug-likeness (QED) is 0.582. The Bertz CT molecular complexity index is 158. The maximum Gasteiger partial charge on any atom is 0.0232 e. The maximum absolute atomic E-state index is 3.72. The van der Waals surface area contributed by atoms with Crippen LogP contribution in [0.4, 0.5) is 0 Å². The second-order valence-electron chi connectivity index (χ2n) is 3.07. The topological polar surface area (TPSA) is 0 Å². The van der Waals surface area contributed by atoms with Crippen LogP contribution in [0.15, 0.2) is 24.3 Å². The normalized spacial score (nSPS) is 24.5. The molecule has 0 radical (unpaired) electrons. The molecule has 0 nitrogen and oxygen atoms in total. The number of thioether (sulfide) groups is 1. The lowest BCUT2D eigenvalue weighted by Gasteiger charge is -2.17. The molecular formula is C10H16S. The lowest BCUT2D eigenvalue weighted by molar-refractivity contribution is 0.712. The molecule has 1 heteroatoms. The van der Waals surface area contributed by atoms with Crippen molar-refractivity contribution in [3.05, 3.63) is 24.3 Å². The molecule has 0 N–H and O–H groups in total. The van der Waals surface area contributed by atoms with Crippen LogP contribution < -0.4 is 0 Å². The van der Waals surface area contributed by atoms with Crippen molar-refractivity contribution in [2.45, 2.75) is 31.4 Å². The highest BCUT2D eigenvalue weighted by atomic mass is 32.2. The third-order valence-electron chi connectivity index (χ3n) is 1.96. The van der Waals surface area contributed by atoms with Crippen molar-refractivity contribution < 1.29 is 0 Å². The van der Waals surface area contributed by atoms with Crippen LogP contribution in [0.2, 0.25) is 0 Å². The summed E-state index contributed by atoms with van der Waals surface area (Å²) in [6, 6.07) is 0. The average molecular weight is 168 g/mol. The summed E-state index contributed by atoms with van der Waals surface area (Å²) in [5.74, 6) is 1.09. The van der Waals surface area contributed by atoms with Gasteiger partial charge in [0.2, 0.25) is 0 Å². The van der Waals surface area contributed by atoms with Crippen LogP contribution in [0.1, 0.15) is 26.2 Å². The van der Waals surface area contributed by atoms with Gasteiger partial charge >= 0.3 is 0 Å². The average Bonchev–Trinajstić information content (AvgIpc) is 2.01. The first-order chi connectivity index (χ1) is 5.33. The number of rotatable bonds is 3. The van der Waals surface area contributed by atoms with Gasteiger partial charge in [-0.05, 0) is 26.2 Å². The largest absolute Gasteiger partial charge is 0.150 e. The Balaban J connectivity index is 2.33. The summed E-state index contributed by atoms with van der Waals surface area (Å²) < 4.78 is 0. The van der Waals surface area contributed by atoms with Gasteiger partial charge in [0.05, 0.1) is 0 Å². The van der Waals surface area contributed by atoms with E-state index < -0.39 is 0 Å². The van der Waals surface area contributed by atoms with Gasteiger partial charge in [-0.25, -0.2) is 0 Å². The van der Waals surface area contributed by atoms with Gasteiger partial charge in [-0.3, -0.25) is 0 Å². The first-order valence-corrected chi connectivity index (χ1v) is 5.27. The van der Waals surface area contributed by atoms with Crippen LogP contribution in [-0.4, -0.2) is 11.0 Å². The summed E-state index contributed by atoms with van der Waals surface area (Å²) in [5, 5.41) is 0.766. The van der Waals surface area contributed by atoms with Crippen LogP contribution >= 0.6 is 11.8 Å². The maximum atomic E-state index is 3.72. The number of allylic oxidation sites excluding steroid dienone is 1. The summed E-state index contributed by atoms with van der Waals surface area (Å²) in [4.78, 5) is 0. The zero-order valence-corrected chi connectivity index (χ0v) is 7.99. The molecular weight excluding hydrogens is 152 g/mol. The second kappa shape index (κ2) is 4.66. The molecule has 11 heavy (non-hydrogen) atoms. The van der Waals surface area contributed by atoms with E-state index in [0.29, 0.717) is 0 Å². The predicted molar refractivity (Wildman–Crippen MR) is 54.1 cm³/mol. The van der Waals surface area contributed by atoms with Crippen molar-refractivity contribution >= 4 is 11.8 Å². The van der Waals surface area contributed by atoms with E-state index in [4.69, 9.17) is 0 Å². The Kier molecular flexibility index (Phi) is 3.78. The molecule has 0 saturated heterocycles. The Labute approximate surface area is 73.8 Å². The van der Waals surface area contributed by atoms with E-state index >= 15 is 0 Å². The van der Waals surface area contributed by atoms with Crippen molar-refractivity contribution in [2.24, 2.45) is 0 Å². The van der Waals surface area contributed by atoms with E-state index in [1.54, 1.807) is 5.57 Å². The third kappa shape index (κ3) is 3.15. The third-order valence-corrected chi connectivity index (χ3v) is 3.19. The summed E-state index contributed by atoms with van der Waals surface area (Å²) in [6.07, 6.45) is 8.44. The molecule has 0 bridgehead atoms. The highest BCUT2D eigenvalue weighted by Gasteiger charge is 2.10. The van der Waals surface area contributed by atoms with Crippen molar-refractivity contribution in [2.75, 3.05) is 5.75 Å². The molecule has 0 amide bonds. The van der Waals surface area contributed by atoms with Gasteiger partial charge in [0, 0.05) is 11.0 Å². The zero-order valence-electron chi connectivity index (χ0n) is 7.18. The molecule has 0 aromatic carbocycles. The Morgan fingerprint density at radius 2 is 2.64 bits per heavy atom. The Morgan fingerprint density at radius 3 is 3.27 bits per heavy atom. The van der Waals surface area contributed by atoms with E-state index in [9.17, 15) is 0 Å². The molecule has 0 spiro atoms. The zero-order chi connectivity index (χ0) is 8.10. The van der Waals surface area contributed by atoms with Gasteiger partial charge in [0.1, 0.15) is 0 Å². The monoisotopic (exact) mass is 168 g/mol. The molecule has 1 atom stereocenters. The first-order valence-electron chi connectivity index (χ1n) is 4.22. The Hall–Kier alpha value is -0.170. The highest BCUT2D eigenvalue weighted by Crippen LogP contribution is 2.26. The molecule has 1 aliphatic carbocycles. The van der Waals surface area contributed by atoms with Crippen LogP contribution in [0.5, 0.6) is 0 Å². The summed E-state index contributed by atoms with van der Waals surface area (Å²) in [6.45, 7) is 5.96. The molecule has 0 aromatic heterocycles. The molecule has 0 heterocycles. The minimum Gasteiger partial charge on any atom is -0.150 e. The molecule has 0 saturated carbocycles. The smallest absolute Gasteiger partial charge is 0.0232 e. The van der Waals surface area contributed by atoms with Gasteiger partial charge in [-0.1, -0.05) is 17.7 Å². The molecule has 0 aliphatic heterocycles. The Morgan fingerprint density at radius 1 is 1.82 bits per heavy atom. The lowest BCUT2D eigenvalue weighted by atomic mass is 10.0. The van der Waals surface area contributed by atoms with Crippen molar-refractivity contribution in [1.82, 2.24) is 0 Å². The number of hydrogen-bond acceptors (Lipinski definition) is 1. The minimum atomic E-state index is 0.766. The van der Waals surface area contributed by atoms with Crippen LogP contribution in [-0.2, 0) is 0 Å². The fourth-order valence-corrected chi connectivity index (χ4v) is 2.43. The molecule has 1 rings (SSSR count). The highest BCUT2D eigenvalue weighted by molar-refractivity contribution is 8.00. The van der Waals surface area contributed by atoms with E-state index in [1.807, 2.05) is 17.8 Å². The summed E-state index contributed by atoms with van der Waals surface area (Å²) in [5.41, 5.74) is 1.57. The number of hydrogen-bond donors (Lipinski definition) is 0. The lowest BCUT2D eigenvalue weighted by Crippen LogP contribution is -2.05. The SMILES string of the molecule is C=CCSC1C=C(C)CCC1. The van der Waals surface area contributed by atoms with Crippen LogP contribution in [0.25, 0.3) is 0 Å². The van der Waals surface area contributed by atoms with Crippen molar-refractivity contribution in [3.63, 3.8) is 0 Å². The fourth-order valence-electron chi connectivity index (χ4n) is 1.39. The molecule has 1 unspecified atom stereocenters. The van der Waals surface area contributed by atoms with E-state index in [2.05, 4.69) is 19.6 Å². The van der Waals surface area contributed by atoms with Gasteiger partial charge in [-0.2, -0.15) is 11.8 Å². The van der Waals surface area contributed by atoms with Crippen molar-refractivity contribution in [3.8, 4) is 0 Å². The van der Waals surface area contributed by atoms with E-state index in [1.165, 1.54) is 19.3 Å². The first kappa shape index (κ1) is 8.92. The molecule has 62 valence electrons. The molecule has 0 fully saturated rings. The standard InChI is InChI=1S/C10H16S/c1-3-7-11-10-6-4-5-9(2)8-10/h3,8,10H,1,4-7H2,2H3. The molecule has 0 aromatic rings. The summed E-state index contributed by atoms with van der Waals surface area (Å²) in [7, 11) is 0. The van der Waals surface area contributed by atoms with E-state index in [-0.39, 0.29) is 0 Å². The summed E-state index contributed by atoms with van der Waals surface area (Å²) >= 11 is 2.01. The van der Waals surface area contributed by atoms with E-state index in [0.717, 1.165) is 11.0 Å². The fraction of sp³-hybridized carbons (Fsp3) is 0.600. The van der Waals surface area contributed by atoms with Gasteiger partial charge in [0.15, 0.2) is 0 Å². The van der Waals surface area contributed by atoms with Gasteiger partial charge in [-0.15, -0.1) is 6.58 Å². The van der Waals surface area contributed by atoms with Gasteiger partial charge < -0.3 is 0 Å². The van der Waals surface area contributed by atoms with Crippen molar-refractivity contribution in [1.29, 1.82) is 0 Å². The molecule has 1 aliphatic rings.